The van der Waals surface area contributed by atoms with Gasteiger partial charge in [-0.15, -0.1) is 0 Å². The van der Waals surface area contributed by atoms with Crippen molar-refractivity contribution in [2.75, 3.05) is 19.8 Å². The van der Waals surface area contributed by atoms with Gasteiger partial charge in [0.05, 0.1) is 6.67 Å². The van der Waals surface area contributed by atoms with Crippen molar-refractivity contribution in [2.24, 2.45) is 0 Å². The number of hydrogen-bond acceptors (Lipinski definition) is 2. The molecule has 0 spiro atoms. The summed E-state index contributed by atoms with van der Waals surface area (Å²) in [4.78, 5) is 22.6. The number of carbonyl (C=O) groups is 2. The molecule has 3 amide bonds. The van der Waals surface area contributed by atoms with Gasteiger partial charge in [-0.05, 0) is 6.42 Å². The molecule has 0 aromatic carbocycles. The Labute approximate surface area is 63.4 Å². The zero-order chi connectivity index (χ0) is 8.27. The summed E-state index contributed by atoms with van der Waals surface area (Å²) in [7, 11) is 0. The molecule has 0 aromatic rings. The lowest BCUT2D eigenvalue weighted by molar-refractivity contribution is -0.118. The minimum atomic E-state index is -0.460. The van der Waals surface area contributed by atoms with E-state index in [4.69, 9.17) is 0 Å². The number of halogens is 1. The summed E-state index contributed by atoms with van der Waals surface area (Å²) in [5, 5.41) is 2.10. The van der Waals surface area contributed by atoms with E-state index in [1.807, 2.05) is 0 Å². The van der Waals surface area contributed by atoms with Gasteiger partial charge in [0, 0.05) is 6.54 Å². The second-order valence-electron chi connectivity index (χ2n) is 2.32. The van der Waals surface area contributed by atoms with Crippen molar-refractivity contribution in [3.8, 4) is 0 Å². The van der Waals surface area contributed by atoms with Gasteiger partial charge in [0.15, 0.2) is 0 Å². The van der Waals surface area contributed by atoms with E-state index in [-0.39, 0.29) is 12.5 Å². The van der Waals surface area contributed by atoms with Gasteiger partial charge in [-0.25, -0.2) is 4.79 Å². The molecule has 62 valence electrons. The molecule has 0 aliphatic carbocycles. The maximum absolute atomic E-state index is 11.6. The average molecular weight is 160 g/mol. The lowest BCUT2D eigenvalue weighted by atomic mass is 10.4. The van der Waals surface area contributed by atoms with Gasteiger partial charge in [-0.3, -0.25) is 14.5 Å². The topological polar surface area (TPSA) is 49.4 Å². The molecule has 1 rings (SSSR count). The summed E-state index contributed by atoms with van der Waals surface area (Å²) in [5.74, 6) is -0.311. The highest BCUT2D eigenvalue weighted by atomic mass is 19.1. The van der Waals surface area contributed by atoms with Crippen LogP contribution < -0.4 is 5.32 Å². The Balaban J connectivity index is 2.34. The number of nitrogens with zero attached hydrogens (tertiary/aromatic N) is 1. The Morgan fingerprint density at radius 2 is 2.27 bits per heavy atom. The van der Waals surface area contributed by atoms with Crippen LogP contribution in [-0.2, 0) is 4.79 Å². The van der Waals surface area contributed by atoms with E-state index in [9.17, 15) is 14.0 Å². The van der Waals surface area contributed by atoms with E-state index >= 15 is 0 Å². The third kappa shape index (κ3) is 1.89. The summed E-state index contributed by atoms with van der Waals surface area (Å²) in [6, 6.07) is -0.413. The van der Waals surface area contributed by atoms with Crippen molar-refractivity contribution in [2.45, 2.75) is 6.42 Å². The predicted molar refractivity (Wildman–Crippen MR) is 35.7 cm³/mol. The fourth-order valence-electron chi connectivity index (χ4n) is 0.914. The largest absolute Gasteiger partial charge is 0.324 e. The van der Waals surface area contributed by atoms with Crippen molar-refractivity contribution in [3.63, 3.8) is 0 Å². The Morgan fingerprint density at radius 3 is 2.73 bits per heavy atom. The summed E-state index contributed by atoms with van der Waals surface area (Å²) in [5.41, 5.74) is 0. The SMILES string of the molecule is O=C1CN(CCCF)C(=O)N1. The molecule has 0 unspecified atom stereocenters. The molecular weight excluding hydrogens is 151 g/mol. The lowest BCUT2D eigenvalue weighted by Crippen LogP contribution is -2.29. The molecule has 1 N–H and O–H groups in total. The summed E-state index contributed by atoms with van der Waals surface area (Å²) < 4.78 is 11.6. The molecular formula is C6H9FN2O2. The van der Waals surface area contributed by atoms with Crippen LogP contribution in [0.25, 0.3) is 0 Å². The first kappa shape index (κ1) is 7.97. The number of amides is 3. The fourth-order valence-corrected chi connectivity index (χ4v) is 0.914. The molecule has 5 heteroatoms. The molecule has 0 radical (unpaired) electrons. The first-order chi connectivity index (χ1) is 5.24. The van der Waals surface area contributed by atoms with Crippen LogP contribution in [0.3, 0.4) is 0 Å². The van der Waals surface area contributed by atoms with Crippen LogP contribution in [-0.4, -0.2) is 36.6 Å². The van der Waals surface area contributed by atoms with E-state index < -0.39 is 12.7 Å². The predicted octanol–water partition coefficient (Wildman–Crippen LogP) is -0.102. The van der Waals surface area contributed by atoms with Crippen molar-refractivity contribution in [3.05, 3.63) is 0 Å². The highest BCUT2D eigenvalue weighted by molar-refractivity contribution is 6.01. The average Bonchev–Trinajstić information content (AvgIpc) is 2.26. The van der Waals surface area contributed by atoms with Crippen molar-refractivity contribution in [1.29, 1.82) is 0 Å². The van der Waals surface area contributed by atoms with Crippen LogP contribution in [0.4, 0.5) is 9.18 Å². The molecule has 0 atom stereocenters. The first-order valence-electron chi connectivity index (χ1n) is 3.39. The molecule has 1 fully saturated rings. The van der Waals surface area contributed by atoms with Crippen molar-refractivity contribution in [1.82, 2.24) is 10.2 Å². The number of nitrogens with one attached hydrogen (secondary N) is 1. The lowest BCUT2D eigenvalue weighted by Gasteiger charge is -2.10. The van der Waals surface area contributed by atoms with E-state index in [0.717, 1.165) is 0 Å². The fraction of sp³-hybridized carbons (Fsp3) is 0.667. The minimum Gasteiger partial charge on any atom is -0.315 e. The van der Waals surface area contributed by atoms with Gasteiger partial charge in [-0.2, -0.15) is 0 Å². The Kier molecular flexibility index (Phi) is 2.40. The molecule has 1 heterocycles. The molecule has 1 aliphatic heterocycles. The van der Waals surface area contributed by atoms with Gasteiger partial charge in [0.25, 0.3) is 0 Å². The maximum atomic E-state index is 11.6. The number of carbonyl (C=O) groups excluding carboxylic acids is 2. The van der Waals surface area contributed by atoms with Crippen LogP contribution in [0.1, 0.15) is 6.42 Å². The van der Waals surface area contributed by atoms with Gasteiger partial charge in [0.2, 0.25) is 5.91 Å². The van der Waals surface area contributed by atoms with Crippen molar-refractivity contribution < 1.29 is 14.0 Å². The normalized spacial score (nSPS) is 17.4. The highest BCUT2D eigenvalue weighted by Gasteiger charge is 2.25. The molecule has 0 saturated carbocycles. The summed E-state index contributed by atoms with van der Waals surface area (Å²) in [6.45, 7) is -0.0785. The molecule has 11 heavy (non-hydrogen) atoms. The van der Waals surface area contributed by atoms with E-state index in [0.29, 0.717) is 13.0 Å². The number of urea groups is 1. The molecule has 0 bridgehead atoms. The molecule has 1 saturated heterocycles. The minimum absolute atomic E-state index is 0.0683. The smallest absolute Gasteiger partial charge is 0.315 e. The quantitative estimate of drug-likeness (QED) is 0.586. The summed E-state index contributed by atoms with van der Waals surface area (Å²) in [6.07, 6.45) is 0.292. The zero-order valence-corrected chi connectivity index (χ0v) is 5.97. The van der Waals surface area contributed by atoms with Crippen LogP contribution >= 0.6 is 0 Å². The Morgan fingerprint density at radius 1 is 1.55 bits per heavy atom. The highest BCUT2D eigenvalue weighted by Crippen LogP contribution is 1.98. The summed E-state index contributed by atoms with van der Waals surface area (Å²) >= 11 is 0. The van der Waals surface area contributed by atoms with Crippen molar-refractivity contribution >= 4 is 11.9 Å². The maximum Gasteiger partial charge on any atom is 0.324 e. The van der Waals surface area contributed by atoms with Gasteiger partial charge in [-0.1, -0.05) is 0 Å². The first-order valence-corrected chi connectivity index (χ1v) is 3.39. The van der Waals surface area contributed by atoms with Crippen LogP contribution in [0.2, 0.25) is 0 Å². The Hall–Kier alpha value is -1.13. The van der Waals surface area contributed by atoms with Gasteiger partial charge >= 0.3 is 6.03 Å². The molecule has 1 aliphatic rings. The third-order valence-corrected chi connectivity index (χ3v) is 1.43. The number of alkyl halides is 1. The van der Waals surface area contributed by atoms with E-state index in [1.54, 1.807) is 0 Å². The number of rotatable bonds is 3. The molecule has 4 nitrogen and oxygen atoms in total. The molecule has 0 aromatic heterocycles. The second-order valence-corrected chi connectivity index (χ2v) is 2.32. The van der Waals surface area contributed by atoms with Gasteiger partial charge in [0.1, 0.15) is 6.54 Å². The van der Waals surface area contributed by atoms with E-state index in [1.165, 1.54) is 4.90 Å². The van der Waals surface area contributed by atoms with Gasteiger partial charge < -0.3 is 4.90 Å². The van der Waals surface area contributed by atoms with Crippen LogP contribution in [0, 0.1) is 0 Å². The zero-order valence-electron chi connectivity index (χ0n) is 5.97. The number of hydrogen-bond donors (Lipinski definition) is 1. The van der Waals surface area contributed by atoms with Crippen LogP contribution in [0.15, 0.2) is 0 Å². The third-order valence-electron chi connectivity index (χ3n) is 1.43. The number of imide groups is 1. The second kappa shape index (κ2) is 3.32. The Bertz CT molecular complexity index is 183. The van der Waals surface area contributed by atoms with E-state index in [2.05, 4.69) is 5.32 Å². The standard InChI is InChI=1S/C6H9FN2O2/c7-2-1-3-9-4-5(10)8-6(9)11/h1-4H2,(H,8,10,11). The van der Waals surface area contributed by atoms with Crippen LogP contribution in [0.5, 0.6) is 0 Å². The monoisotopic (exact) mass is 160 g/mol.